The van der Waals surface area contributed by atoms with Gasteiger partial charge in [-0.2, -0.15) is 0 Å². The van der Waals surface area contributed by atoms with Gasteiger partial charge in [-0.05, 0) is 20.0 Å². The number of rotatable bonds is 7. The molecule has 0 saturated carbocycles. The van der Waals surface area contributed by atoms with Crippen LogP contribution in [0.15, 0.2) is 6.20 Å². The van der Waals surface area contributed by atoms with Crippen molar-refractivity contribution in [2.75, 3.05) is 26.8 Å². The van der Waals surface area contributed by atoms with Crippen LogP contribution >= 0.6 is 0 Å². The molecule has 0 amide bonds. The van der Waals surface area contributed by atoms with Gasteiger partial charge in [0.1, 0.15) is 11.8 Å². The van der Waals surface area contributed by atoms with E-state index in [1.807, 2.05) is 17.9 Å². The van der Waals surface area contributed by atoms with E-state index >= 15 is 0 Å². The molecule has 16 heavy (non-hydrogen) atoms. The van der Waals surface area contributed by atoms with Gasteiger partial charge in [0, 0.05) is 6.54 Å². The fourth-order valence-electron chi connectivity index (χ4n) is 1.45. The fraction of sp³-hybridized carbons (Fsp3) is 0.800. The summed E-state index contributed by atoms with van der Waals surface area (Å²) >= 11 is 0. The van der Waals surface area contributed by atoms with E-state index in [1.54, 1.807) is 0 Å². The Kier molecular flexibility index (Phi) is 4.26. The van der Waals surface area contributed by atoms with Crippen LogP contribution in [0.1, 0.15) is 12.1 Å². The molecule has 90 valence electrons. The summed E-state index contributed by atoms with van der Waals surface area (Å²) in [5, 5.41) is 11.2. The smallest absolute Gasteiger partial charge is 0.108 e. The number of nitrogens with one attached hydrogen (secondary N) is 1. The van der Waals surface area contributed by atoms with Crippen LogP contribution in [-0.2, 0) is 22.6 Å². The molecule has 0 spiro atoms. The minimum Gasteiger partial charge on any atom is -0.376 e. The first kappa shape index (κ1) is 11.5. The largest absolute Gasteiger partial charge is 0.376 e. The molecular formula is C10H18N4O2. The molecule has 0 aliphatic carbocycles. The molecule has 1 aliphatic rings. The van der Waals surface area contributed by atoms with Crippen molar-refractivity contribution in [1.29, 1.82) is 0 Å². The Morgan fingerprint density at radius 1 is 1.62 bits per heavy atom. The second kappa shape index (κ2) is 5.93. The van der Waals surface area contributed by atoms with Crippen LogP contribution in [0, 0.1) is 0 Å². The standard InChI is InChI=1S/C10H18N4O2/c1-11-3-2-4-14-5-9(12-13-14)6-16-10-7-15-8-10/h5,10-11H,2-4,6-8H2,1H3. The van der Waals surface area contributed by atoms with Gasteiger partial charge in [-0.1, -0.05) is 5.21 Å². The number of nitrogens with zero attached hydrogens (tertiary/aromatic N) is 3. The first-order chi connectivity index (χ1) is 7.88. The van der Waals surface area contributed by atoms with Crippen molar-refractivity contribution in [1.82, 2.24) is 20.3 Å². The van der Waals surface area contributed by atoms with E-state index in [-0.39, 0.29) is 6.10 Å². The summed E-state index contributed by atoms with van der Waals surface area (Å²) < 4.78 is 12.4. The summed E-state index contributed by atoms with van der Waals surface area (Å²) in [6, 6.07) is 0. The third-order valence-corrected chi connectivity index (χ3v) is 2.47. The Hall–Kier alpha value is -0.980. The highest BCUT2D eigenvalue weighted by molar-refractivity contribution is 4.90. The molecule has 0 atom stereocenters. The van der Waals surface area contributed by atoms with E-state index in [0.717, 1.165) is 25.2 Å². The Balaban J connectivity index is 1.68. The molecule has 0 radical (unpaired) electrons. The molecule has 1 fully saturated rings. The summed E-state index contributed by atoms with van der Waals surface area (Å²) in [5.41, 5.74) is 0.886. The number of aromatic nitrogens is 3. The van der Waals surface area contributed by atoms with E-state index in [4.69, 9.17) is 9.47 Å². The van der Waals surface area contributed by atoms with Gasteiger partial charge in [-0.25, -0.2) is 0 Å². The summed E-state index contributed by atoms with van der Waals surface area (Å²) in [7, 11) is 1.95. The molecule has 0 aromatic carbocycles. The first-order valence-electron chi connectivity index (χ1n) is 5.61. The second-order valence-corrected chi connectivity index (χ2v) is 3.90. The summed E-state index contributed by atoms with van der Waals surface area (Å²) in [4.78, 5) is 0. The van der Waals surface area contributed by atoms with Gasteiger partial charge in [0.05, 0.1) is 26.0 Å². The second-order valence-electron chi connectivity index (χ2n) is 3.90. The summed E-state index contributed by atoms with van der Waals surface area (Å²) in [5.74, 6) is 0. The SMILES string of the molecule is CNCCCn1cc(COC2COC2)nn1. The number of aryl methyl sites for hydroxylation is 1. The monoisotopic (exact) mass is 226 g/mol. The molecular weight excluding hydrogens is 208 g/mol. The highest BCUT2D eigenvalue weighted by atomic mass is 16.6. The number of ether oxygens (including phenoxy) is 2. The van der Waals surface area contributed by atoms with E-state index in [9.17, 15) is 0 Å². The van der Waals surface area contributed by atoms with Crippen molar-refractivity contribution in [3.8, 4) is 0 Å². The lowest BCUT2D eigenvalue weighted by Crippen LogP contribution is -2.35. The average molecular weight is 226 g/mol. The van der Waals surface area contributed by atoms with Crippen molar-refractivity contribution in [3.05, 3.63) is 11.9 Å². The lowest BCUT2D eigenvalue weighted by atomic mass is 10.3. The zero-order valence-corrected chi connectivity index (χ0v) is 9.56. The van der Waals surface area contributed by atoms with Crippen molar-refractivity contribution >= 4 is 0 Å². The zero-order chi connectivity index (χ0) is 11.2. The molecule has 1 saturated heterocycles. The molecule has 6 heteroatoms. The third-order valence-electron chi connectivity index (χ3n) is 2.47. The maximum atomic E-state index is 5.55. The van der Waals surface area contributed by atoms with Crippen LogP contribution in [0.4, 0.5) is 0 Å². The Bertz CT molecular complexity index is 312. The lowest BCUT2D eigenvalue weighted by molar-refractivity contribution is -0.135. The van der Waals surface area contributed by atoms with Crippen LogP contribution in [0.3, 0.4) is 0 Å². The molecule has 1 aromatic rings. The van der Waals surface area contributed by atoms with Crippen LogP contribution in [0.2, 0.25) is 0 Å². The molecule has 1 aliphatic heterocycles. The first-order valence-corrected chi connectivity index (χ1v) is 5.61. The third kappa shape index (κ3) is 3.26. The van der Waals surface area contributed by atoms with Crippen molar-refractivity contribution in [2.24, 2.45) is 0 Å². The molecule has 0 bridgehead atoms. The Labute approximate surface area is 94.9 Å². The van der Waals surface area contributed by atoms with E-state index in [2.05, 4.69) is 15.6 Å². The quantitative estimate of drug-likeness (QED) is 0.653. The molecule has 1 N–H and O–H groups in total. The van der Waals surface area contributed by atoms with Gasteiger partial charge >= 0.3 is 0 Å². The van der Waals surface area contributed by atoms with Crippen molar-refractivity contribution in [2.45, 2.75) is 25.7 Å². The molecule has 6 nitrogen and oxygen atoms in total. The predicted molar refractivity (Wildman–Crippen MR) is 58.0 cm³/mol. The maximum absolute atomic E-state index is 5.55. The van der Waals surface area contributed by atoms with Crippen LogP contribution in [0.25, 0.3) is 0 Å². The normalized spacial score (nSPS) is 16.3. The van der Waals surface area contributed by atoms with E-state index in [1.165, 1.54) is 0 Å². The van der Waals surface area contributed by atoms with Gasteiger partial charge in [-0.15, -0.1) is 5.10 Å². The highest BCUT2D eigenvalue weighted by Crippen LogP contribution is 2.08. The predicted octanol–water partition coefficient (Wildman–Crippen LogP) is -0.197. The van der Waals surface area contributed by atoms with Gasteiger partial charge in [-0.3, -0.25) is 4.68 Å². The van der Waals surface area contributed by atoms with Gasteiger partial charge < -0.3 is 14.8 Å². The van der Waals surface area contributed by atoms with E-state index < -0.39 is 0 Å². The molecule has 2 heterocycles. The van der Waals surface area contributed by atoms with E-state index in [0.29, 0.717) is 19.8 Å². The average Bonchev–Trinajstić information content (AvgIpc) is 2.64. The molecule has 2 rings (SSSR count). The molecule has 0 unspecified atom stereocenters. The number of hydrogen-bond acceptors (Lipinski definition) is 5. The van der Waals surface area contributed by atoms with Crippen molar-refractivity contribution < 1.29 is 9.47 Å². The zero-order valence-electron chi connectivity index (χ0n) is 9.56. The topological polar surface area (TPSA) is 61.2 Å². The minimum atomic E-state index is 0.245. The fourth-order valence-corrected chi connectivity index (χ4v) is 1.45. The Morgan fingerprint density at radius 3 is 3.19 bits per heavy atom. The van der Waals surface area contributed by atoms with Gasteiger partial charge in [0.15, 0.2) is 0 Å². The lowest BCUT2D eigenvalue weighted by Gasteiger charge is -2.25. The highest BCUT2D eigenvalue weighted by Gasteiger charge is 2.19. The van der Waals surface area contributed by atoms with Gasteiger partial charge in [0.2, 0.25) is 0 Å². The molecule has 1 aromatic heterocycles. The van der Waals surface area contributed by atoms with Crippen LogP contribution in [0.5, 0.6) is 0 Å². The maximum Gasteiger partial charge on any atom is 0.108 e. The van der Waals surface area contributed by atoms with Gasteiger partial charge in [0.25, 0.3) is 0 Å². The number of hydrogen-bond donors (Lipinski definition) is 1. The van der Waals surface area contributed by atoms with Crippen molar-refractivity contribution in [3.63, 3.8) is 0 Å². The summed E-state index contributed by atoms with van der Waals surface area (Å²) in [6.07, 6.45) is 3.24. The van der Waals surface area contributed by atoms with Crippen LogP contribution in [-0.4, -0.2) is 47.9 Å². The Morgan fingerprint density at radius 2 is 2.50 bits per heavy atom. The van der Waals surface area contributed by atoms with Crippen LogP contribution < -0.4 is 5.32 Å². The minimum absolute atomic E-state index is 0.245. The summed E-state index contributed by atoms with van der Waals surface area (Å²) in [6.45, 7) is 3.82.